The fraction of sp³-hybridized carbons (Fsp3) is 0.562. The van der Waals surface area contributed by atoms with E-state index in [1.807, 2.05) is 32.0 Å². The third kappa shape index (κ3) is 5.63. The van der Waals surface area contributed by atoms with Crippen LogP contribution in [0, 0.1) is 0 Å². The molecule has 0 spiro atoms. The summed E-state index contributed by atoms with van der Waals surface area (Å²) in [6, 6.07) is 5.68. The van der Waals surface area contributed by atoms with Gasteiger partial charge in [-0.05, 0) is 43.7 Å². The SMILES string of the molecule is CCNC(CC(=O)OCC)Cc1cc(OC)ccc1OC. The summed E-state index contributed by atoms with van der Waals surface area (Å²) in [6.45, 7) is 5.02. The number of carbonyl (C=O) groups is 1. The van der Waals surface area contributed by atoms with Gasteiger partial charge in [-0.1, -0.05) is 6.92 Å². The number of esters is 1. The lowest BCUT2D eigenvalue weighted by Gasteiger charge is -2.19. The van der Waals surface area contributed by atoms with Gasteiger partial charge >= 0.3 is 5.97 Å². The van der Waals surface area contributed by atoms with Crippen molar-refractivity contribution in [1.82, 2.24) is 5.32 Å². The van der Waals surface area contributed by atoms with Crippen molar-refractivity contribution in [1.29, 1.82) is 0 Å². The van der Waals surface area contributed by atoms with Crippen LogP contribution in [0.25, 0.3) is 0 Å². The first-order chi connectivity index (χ1) is 10.1. The van der Waals surface area contributed by atoms with Crippen LogP contribution >= 0.6 is 0 Å². The van der Waals surface area contributed by atoms with Gasteiger partial charge in [0.05, 0.1) is 27.2 Å². The number of benzene rings is 1. The molecule has 1 aromatic carbocycles. The van der Waals surface area contributed by atoms with Gasteiger partial charge in [0.25, 0.3) is 0 Å². The minimum absolute atomic E-state index is 0.00931. The summed E-state index contributed by atoms with van der Waals surface area (Å²) < 4.78 is 15.6. The van der Waals surface area contributed by atoms with E-state index in [4.69, 9.17) is 14.2 Å². The summed E-state index contributed by atoms with van der Waals surface area (Å²) in [6.07, 6.45) is 1.01. The zero-order valence-electron chi connectivity index (χ0n) is 13.3. The molecule has 1 aromatic rings. The van der Waals surface area contributed by atoms with Crippen molar-refractivity contribution < 1.29 is 19.0 Å². The van der Waals surface area contributed by atoms with Crippen LogP contribution < -0.4 is 14.8 Å². The second-order valence-corrected chi connectivity index (χ2v) is 4.65. The average Bonchev–Trinajstić information content (AvgIpc) is 2.47. The maximum Gasteiger partial charge on any atom is 0.307 e. The van der Waals surface area contributed by atoms with E-state index in [2.05, 4.69) is 5.32 Å². The summed E-state index contributed by atoms with van der Waals surface area (Å²) >= 11 is 0. The molecule has 0 heterocycles. The minimum Gasteiger partial charge on any atom is -0.497 e. The van der Waals surface area contributed by atoms with Crippen LogP contribution in [0.15, 0.2) is 18.2 Å². The number of nitrogens with one attached hydrogen (secondary N) is 1. The summed E-state index contributed by atoms with van der Waals surface area (Å²) in [4.78, 5) is 11.7. The normalized spacial score (nSPS) is 11.8. The van der Waals surface area contributed by atoms with Crippen molar-refractivity contribution in [2.75, 3.05) is 27.4 Å². The van der Waals surface area contributed by atoms with Crippen molar-refractivity contribution in [3.05, 3.63) is 23.8 Å². The van der Waals surface area contributed by atoms with E-state index < -0.39 is 0 Å². The van der Waals surface area contributed by atoms with Crippen LogP contribution in [0.2, 0.25) is 0 Å². The molecule has 0 bridgehead atoms. The number of likely N-dealkylation sites (N-methyl/N-ethyl adjacent to an activating group) is 1. The van der Waals surface area contributed by atoms with E-state index >= 15 is 0 Å². The lowest BCUT2D eigenvalue weighted by molar-refractivity contribution is -0.143. The molecule has 0 saturated heterocycles. The lowest BCUT2D eigenvalue weighted by Crippen LogP contribution is -2.34. The molecule has 0 aliphatic rings. The number of methoxy groups -OCH3 is 2. The molecule has 1 rings (SSSR count). The van der Waals surface area contributed by atoms with Crippen molar-refractivity contribution in [2.24, 2.45) is 0 Å². The topological polar surface area (TPSA) is 56.8 Å². The molecule has 5 heteroatoms. The van der Waals surface area contributed by atoms with Crippen LogP contribution in [0.3, 0.4) is 0 Å². The standard InChI is InChI=1S/C16H25NO4/c1-5-17-13(11-16(18)21-6-2)9-12-10-14(19-3)7-8-15(12)20-4/h7-8,10,13,17H,5-6,9,11H2,1-4H3. The molecule has 118 valence electrons. The molecule has 0 aliphatic heterocycles. The van der Waals surface area contributed by atoms with Crippen molar-refractivity contribution >= 4 is 5.97 Å². The number of hydrogen-bond acceptors (Lipinski definition) is 5. The summed E-state index contributed by atoms with van der Waals surface area (Å²) in [5.41, 5.74) is 1.01. The predicted molar refractivity (Wildman–Crippen MR) is 82.0 cm³/mol. The fourth-order valence-electron chi connectivity index (χ4n) is 2.23. The summed E-state index contributed by atoms with van der Waals surface area (Å²) in [5, 5.41) is 3.31. The van der Waals surface area contributed by atoms with Gasteiger partial charge in [0, 0.05) is 6.04 Å². The highest BCUT2D eigenvalue weighted by Gasteiger charge is 2.17. The van der Waals surface area contributed by atoms with Crippen molar-refractivity contribution in [3.8, 4) is 11.5 Å². The highest BCUT2D eigenvalue weighted by molar-refractivity contribution is 5.70. The Hall–Kier alpha value is -1.75. The highest BCUT2D eigenvalue weighted by atomic mass is 16.5. The molecule has 0 aliphatic carbocycles. The number of rotatable bonds is 9. The molecule has 1 N–H and O–H groups in total. The van der Waals surface area contributed by atoms with Crippen molar-refractivity contribution in [2.45, 2.75) is 32.7 Å². The van der Waals surface area contributed by atoms with Crippen LogP contribution in [-0.4, -0.2) is 39.4 Å². The van der Waals surface area contributed by atoms with Crippen LogP contribution in [-0.2, 0) is 16.0 Å². The Morgan fingerprint density at radius 2 is 2.00 bits per heavy atom. The molecule has 0 amide bonds. The number of carbonyl (C=O) groups excluding carboxylic acids is 1. The Morgan fingerprint density at radius 3 is 2.57 bits per heavy atom. The zero-order chi connectivity index (χ0) is 15.7. The minimum atomic E-state index is -0.190. The van der Waals surface area contributed by atoms with Gasteiger partial charge in [-0.15, -0.1) is 0 Å². The lowest BCUT2D eigenvalue weighted by atomic mass is 10.0. The first kappa shape index (κ1) is 17.3. The maximum atomic E-state index is 11.7. The second-order valence-electron chi connectivity index (χ2n) is 4.65. The third-order valence-corrected chi connectivity index (χ3v) is 3.17. The van der Waals surface area contributed by atoms with Gasteiger partial charge < -0.3 is 19.5 Å². The van der Waals surface area contributed by atoms with Gasteiger partial charge in [0.15, 0.2) is 0 Å². The van der Waals surface area contributed by atoms with Gasteiger partial charge in [0.2, 0.25) is 0 Å². The van der Waals surface area contributed by atoms with Crippen molar-refractivity contribution in [3.63, 3.8) is 0 Å². The van der Waals surface area contributed by atoms with E-state index in [9.17, 15) is 4.79 Å². The summed E-state index contributed by atoms with van der Waals surface area (Å²) in [7, 11) is 3.27. The van der Waals surface area contributed by atoms with E-state index in [1.165, 1.54) is 0 Å². The molecule has 0 aromatic heterocycles. The summed E-state index contributed by atoms with van der Waals surface area (Å²) in [5.74, 6) is 1.38. The van der Waals surface area contributed by atoms with E-state index in [1.54, 1.807) is 14.2 Å². The predicted octanol–water partition coefficient (Wildman–Crippen LogP) is 2.18. The second kappa shape index (κ2) is 9.23. The Morgan fingerprint density at radius 1 is 1.24 bits per heavy atom. The average molecular weight is 295 g/mol. The van der Waals surface area contributed by atoms with Gasteiger partial charge in [-0.25, -0.2) is 0 Å². The number of hydrogen-bond donors (Lipinski definition) is 1. The molecule has 0 radical (unpaired) electrons. The Balaban J connectivity index is 2.84. The Kier molecular flexibility index (Phi) is 7.61. The van der Waals surface area contributed by atoms with E-state index in [-0.39, 0.29) is 12.0 Å². The quantitative estimate of drug-likeness (QED) is 0.708. The molecule has 5 nitrogen and oxygen atoms in total. The molecule has 0 fully saturated rings. The van der Waals surface area contributed by atoms with E-state index in [0.717, 1.165) is 23.6 Å². The third-order valence-electron chi connectivity index (χ3n) is 3.17. The molecule has 0 saturated carbocycles. The Labute approximate surface area is 126 Å². The number of ether oxygens (including phenoxy) is 3. The van der Waals surface area contributed by atoms with Crippen LogP contribution in [0.4, 0.5) is 0 Å². The highest BCUT2D eigenvalue weighted by Crippen LogP contribution is 2.25. The molecule has 1 atom stereocenters. The van der Waals surface area contributed by atoms with Crippen LogP contribution in [0.5, 0.6) is 11.5 Å². The van der Waals surface area contributed by atoms with Crippen LogP contribution in [0.1, 0.15) is 25.8 Å². The first-order valence-corrected chi connectivity index (χ1v) is 7.24. The Bertz CT molecular complexity index is 448. The maximum absolute atomic E-state index is 11.7. The smallest absolute Gasteiger partial charge is 0.307 e. The molecule has 1 unspecified atom stereocenters. The molecule has 21 heavy (non-hydrogen) atoms. The fourth-order valence-corrected chi connectivity index (χ4v) is 2.23. The van der Waals surface area contributed by atoms with Gasteiger partial charge in [-0.2, -0.15) is 0 Å². The zero-order valence-corrected chi connectivity index (χ0v) is 13.3. The van der Waals surface area contributed by atoms with E-state index in [0.29, 0.717) is 19.4 Å². The van der Waals surface area contributed by atoms with Gasteiger partial charge in [0.1, 0.15) is 11.5 Å². The van der Waals surface area contributed by atoms with Gasteiger partial charge in [-0.3, -0.25) is 4.79 Å². The molecular formula is C16H25NO4. The molecular weight excluding hydrogens is 270 g/mol. The monoisotopic (exact) mass is 295 g/mol. The first-order valence-electron chi connectivity index (χ1n) is 7.24. The largest absolute Gasteiger partial charge is 0.497 e.